The molecule has 2 heterocycles. The summed E-state index contributed by atoms with van der Waals surface area (Å²) in [6, 6.07) is 2.04. The molecule has 102 valence electrons. The molecule has 0 unspecified atom stereocenters. The lowest BCUT2D eigenvalue weighted by molar-refractivity contribution is 0.871. The quantitative estimate of drug-likeness (QED) is 0.874. The average molecular weight is 276 g/mol. The van der Waals surface area contributed by atoms with Crippen LogP contribution in [-0.2, 0) is 6.42 Å². The van der Waals surface area contributed by atoms with E-state index in [1.54, 1.807) is 11.3 Å². The number of aromatic nitrogens is 3. The summed E-state index contributed by atoms with van der Waals surface area (Å²) in [6.07, 6.45) is 3.14. The van der Waals surface area contributed by atoms with Crippen LogP contribution in [0, 0.1) is 6.92 Å². The first kappa shape index (κ1) is 13.9. The molecule has 0 aliphatic heterocycles. The highest BCUT2D eigenvalue weighted by atomic mass is 32.1. The highest BCUT2D eigenvalue weighted by molar-refractivity contribution is 7.09. The number of anilines is 1. The minimum atomic E-state index is 0.730. The van der Waals surface area contributed by atoms with Crippen LogP contribution in [0.4, 0.5) is 5.82 Å². The molecule has 2 rings (SSSR count). The third kappa shape index (κ3) is 3.73. The van der Waals surface area contributed by atoms with Crippen LogP contribution in [0.3, 0.4) is 0 Å². The zero-order valence-electron chi connectivity index (χ0n) is 11.7. The van der Waals surface area contributed by atoms with E-state index in [2.05, 4.69) is 34.1 Å². The molecule has 1 N–H and O–H groups in total. The van der Waals surface area contributed by atoms with Gasteiger partial charge in [-0.25, -0.2) is 15.0 Å². The van der Waals surface area contributed by atoms with Crippen LogP contribution in [-0.4, -0.2) is 21.5 Å². The fourth-order valence-corrected chi connectivity index (χ4v) is 2.40. The molecule has 0 radical (unpaired) electrons. The maximum Gasteiger partial charge on any atom is 0.181 e. The zero-order chi connectivity index (χ0) is 13.7. The molecule has 0 spiro atoms. The smallest absolute Gasteiger partial charge is 0.181 e. The minimum Gasteiger partial charge on any atom is -0.370 e. The first-order valence-electron chi connectivity index (χ1n) is 6.77. The van der Waals surface area contributed by atoms with Gasteiger partial charge in [0.2, 0.25) is 0 Å². The SMILES string of the molecule is CCCNc1cc(CCC)nc(-c2csc(C)n2)n1. The molecule has 0 aliphatic rings. The van der Waals surface area contributed by atoms with Gasteiger partial charge in [-0.1, -0.05) is 20.3 Å². The van der Waals surface area contributed by atoms with Gasteiger partial charge in [0.05, 0.1) is 5.01 Å². The molecule has 2 aromatic rings. The molecule has 0 aliphatic carbocycles. The summed E-state index contributed by atoms with van der Waals surface area (Å²) >= 11 is 1.63. The Kier molecular flexibility index (Phi) is 4.85. The van der Waals surface area contributed by atoms with E-state index in [9.17, 15) is 0 Å². The Bertz CT molecular complexity index is 536. The molecule has 0 fully saturated rings. The fourth-order valence-electron chi connectivity index (χ4n) is 1.81. The van der Waals surface area contributed by atoms with E-state index >= 15 is 0 Å². The van der Waals surface area contributed by atoms with Crippen LogP contribution in [0.5, 0.6) is 0 Å². The summed E-state index contributed by atoms with van der Waals surface area (Å²) in [5.41, 5.74) is 1.96. The molecule has 0 aromatic carbocycles. The number of nitrogens with one attached hydrogen (secondary N) is 1. The van der Waals surface area contributed by atoms with Crippen molar-refractivity contribution in [1.29, 1.82) is 0 Å². The topological polar surface area (TPSA) is 50.7 Å². The van der Waals surface area contributed by atoms with Crippen LogP contribution in [0.15, 0.2) is 11.4 Å². The van der Waals surface area contributed by atoms with Crippen molar-refractivity contribution in [3.8, 4) is 11.5 Å². The highest BCUT2D eigenvalue weighted by Gasteiger charge is 2.09. The lowest BCUT2D eigenvalue weighted by atomic mass is 10.2. The van der Waals surface area contributed by atoms with Crippen LogP contribution >= 0.6 is 11.3 Å². The Morgan fingerprint density at radius 2 is 2.00 bits per heavy atom. The van der Waals surface area contributed by atoms with E-state index < -0.39 is 0 Å². The molecule has 0 bridgehead atoms. The van der Waals surface area contributed by atoms with Crippen LogP contribution < -0.4 is 5.32 Å². The van der Waals surface area contributed by atoms with Crippen molar-refractivity contribution >= 4 is 17.2 Å². The molecule has 5 heteroatoms. The third-order valence-electron chi connectivity index (χ3n) is 2.69. The summed E-state index contributed by atoms with van der Waals surface area (Å²) in [7, 11) is 0. The largest absolute Gasteiger partial charge is 0.370 e. The van der Waals surface area contributed by atoms with Gasteiger partial charge in [0.25, 0.3) is 0 Å². The minimum absolute atomic E-state index is 0.730. The Labute approximate surface area is 118 Å². The van der Waals surface area contributed by atoms with Gasteiger partial charge in [0.1, 0.15) is 11.5 Å². The van der Waals surface area contributed by atoms with Gasteiger partial charge in [-0.2, -0.15) is 0 Å². The van der Waals surface area contributed by atoms with Gasteiger partial charge in [0, 0.05) is 23.7 Å². The zero-order valence-corrected chi connectivity index (χ0v) is 12.5. The average Bonchev–Trinajstić information content (AvgIpc) is 2.83. The normalized spacial score (nSPS) is 10.7. The maximum absolute atomic E-state index is 4.61. The number of aryl methyl sites for hydroxylation is 2. The lowest BCUT2D eigenvalue weighted by Gasteiger charge is -2.08. The van der Waals surface area contributed by atoms with Crippen LogP contribution in [0.1, 0.15) is 37.4 Å². The highest BCUT2D eigenvalue weighted by Crippen LogP contribution is 2.20. The van der Waals surface area contributed by atoms with Crippen molar-refractivity contribution in [1.82, 2.24) is 15.0 Å². The lowest BCUT2D eigenvalue weighted by Crippen LogP contribution is -2.05. The second kappa shape index (κ2) is 6.61. The molecular formula is C14H20N4S. The van der Waals surface area contributed by atoms with Crippen molar-refractivity contribution in [2.75, 3.05) is 11.9 Å². The summed E-state index contributed by atoms with van der Waals surface area (Å²) in [5.74, 6) is 1.63. The fraction of sp³-hybridized carbons (Fsp3) is 0.500. The van der Waals surface area contributed by atoms with Crippen molar-refractivity contribution in [2.45, 2.75) is 40.0 Å². The third-order valence-corrected chi connectivity index (χ3v) is 3.46. The Morgan fingerprint density at radius 3 is 2.63 bits per heavy atom. The Balaban J connectivity index is 2.33. The van der Waals surface area contributed by atoms with Crippen molar-refractivity contribution < 1.29 is 0 Å². The molecule has 4 nitrogen and oxygen atoms in total. The van der Waals surface area contributed by atoms with Gasteiger partial charge < -0.3 is 5.32 Å². The number of nitrogens with zero attached hydrogens (tertiary/aromatic N) is 3. The molecule has 0 amide bonds. The first-order chi connectivity index (χ1) is 9.22. The molecule has 0 saturated heterocycles. The molecular weight excluding hydrogens is 256 g/mol. The van der Waals surface area contributed by atoms with Crippen molar-refractivity contribution in [3.05, 3.63) is 22.1 Å². The molecule has 2 aromatic heterocycles. The number of hydrogen-bond acceptors (Lipinski definition) is 5. The van der Waals surface area contributed by atoms with Gasteiger partial charge in [0.15, 0.2) is 5.82 Å². The van der Waals surface area contributed by atoms with E-state index in [0.29, 0.717) is 0 Å². The Hall–Kier alpha value is -1.49. The van der Waals surface area contributed by atoms with Crippen molar-refractivity contribution in [2.24, 2.45) is 0 Å². The number of hydrogen-bond donors (Lipinski definition) is 1. The predicted molar refractivity (Wildman–Crippen MR) is 80.7 cm³/mol. The predicted octanol–water partition coefficient (Wildman–Crippen LogP) is 3.68. The van der Waals surface area contributed by atoms with Gasteiger partial charge in [-0.05, 0) is 19.8 Å². The standard InChI is InChI=1S/C14H20N4S/c1-4-6-11-8-13(15-7-5-2)18-14(17-11)12-9-19-10(3)16-12/h8-9H,4-7H2,1-3H3,(H,15,17,18). The first-order valence-corrected chi connectivity index (χ1v) is 7.65. The summed E-state index contributed by atoms with van der Waals surface area (Å²) in [5, 5.41) is 6.40. The van der Waals surface area contributed by atoms with E-state index in [1.807, 2.05) is 18.4 Å². The van der Waals surface area contributed by atoms with E-state index in [1.165, 1.54) is 0 Å². The Morgan fingerprint density at radius 1 is 1.16 bits per heavy atom. The van der Waals surface area contributed by atoms with E-state index in [0.717, 1.165) is 53.8 Å². The van der Waals surface area contributed by atoms with E-state index in [-0.39, 0.29) is 0 Å². The van der Waals surface area contributed by atoms with Crippen LogP contribution in [0.2, 0.25) is 0 Å². The number of rotatable bonds is 6. The maximum atomic E-state index is 4.61. The molecule has 0 saturated carbocycles. The second-order valence-electron chi connectivity index (χ2n) is 4.50. The summed E-state index contributed by atoms with van der Waals surface area (Å²) < 4.78 is 0. The van der Waals surface area contributed by atoms with Crippen molar-refractivity contribution in [3.63, 3.8) is 0 Å². The van der Waals surface area contributed by atoms with E-state index in [4.69, 9.17) is 0 Å². The van der Waals surface area contributed by atoms with Gasteiger partial charge in [-0.3, -0.25) is 0 Å². The monoisotopic (exact) mass is 276 g/mol. The summed E-state index contributed by atoms with van der Waals surface area (Å²) in [6.45, 7) is 7.23. The van der Waals surface area contributed by atoms with Crippen LogP contribution in [0.25, 0.3) is 11.5 Å². The van der Waals surface area contributed by atoms with Gasteiger partial charge in [-0.15, -0.1) is 11.3 Å². The molecule has 19 heavy (non-hydrogen) atoms. The second-order valence-corrected chi connectivity index (χ2v) is 5.56. The van der Waals surface area contributed by atoms with Gasteiger partial charge >= 0.3 is 0 Å². The summed E-state index contributed by atoms with van der Waals surface area (Å²) in [4.78, 5) is 13.6. The molecule has 0 atom stereocenters. The number of thiazole rings is 1.